The van der Waals surface area contributed by atoms with Gasteiger partial charge in [-0.25, -0.2) is 9.97 Å². The lowest BCUT2D eigenvalue weighted by molar-refractivity contribution is 0.494. The number of benzene rings is 2. The Balaban J connectivity index is 1.44. The Labute approximate surface area is 168 Å². The maximum absolute atomic E-state index is 5.73. The zero-order chi connectivity index (χ0) is 19.2. The molecule has 0 spiro atoms. The van der Waals surface area contributed by atoms with Crippen LogP contribution in [0.25, 0.3) is 39.2 Å². The number of rotatable bonds is 4. The fourth-order valence-electron chi connectivity index (χ4n) is 3.35. The van der Waals surface area contributed by atoms with Gasteiger partial charge in [0.2, 0.25) is 5.89 Å². The molecule has 0 bridgehead atoms. The molecule has 29 heavy (non-hydrogen) atoms. The molecule has 0 amide bonds. The first kappa shape index (κ1) is 16.3. The van der Waals surface area contributed by atoms with Gasteiger partial charge in [0, 0.05) is 5.39 Å². The number of fused-ring (bicyclic) bond motifs is 5. The molecule has 4 aromatic heterocycles. The summed E-state index contributed by atoms with van der Waals surface area (Å²) in [6.07, 6.45) is 1.58. The van der Waals surface area contributed by atoms with Crippen LogP contribution < -0.4 is 0 Å². The average molecular weight is 399 g/mol. The number of furan rings is 1. The number of hydrogen-bond acceptors (Lipinski definition) is 7. The van der Waals surface area contributed by atoms with Crippen LogP contribution in [0.15, 0.2) is 80.9 Å². The second kappa shape index (κ2) is 6.46. The molecule has 0 unspecified atom stereocenters. The summed E-state index contributed by atoms with van der Waals surface area (Å²) in [7, 11) is 0. The Morgan fingerprint density at radius 1 is 0.862 bits per heavy atom. The Kier molecular flexibility index (Phi) is 3.63. The van der Waals surface area contributed by atoms with E-state index in [2.05, 4.69) is 20.7 Å². The van der Waals surface area contributed by atoms with Crippen LogP contribution in [0.4, 0.5) is 0 Å². The minimum atomic E-state index is 0.371. The summed E-state index contributed by atoms with van der Waals surface area (Å²) < 4.78 is 13.1. The van der Waals surface area contributed by atoms with E-state index >= 15 is 0 Å². The number of imidazole rings is 1. The zero-order valence-corrected chi connectivity index (χ0v) is 15.8. The van der Waals surface area contributed by atoms with Gasteiger partial charge in [0.1, 0.15) is 5.65 Å². The Morgan fingerprint density at radius 2 is 1.72 bits per heavy atom. The van der Waals surface area contributed by atoms with Crippen LogP contribution in [0.1, 0.15) is 5.89 Å². The van der Waals surface area contributed by atoms with E-state index < -0.39 is 0 Å². The molecule has 4 heterocycles. The first-order chi connectivity index (χ1) is 14.4. The highest BCUT2D eigenvalue weighted by atomic mass is 32.2. The normalized spacial score (nSPS) is 11.7. The highest BCUT2D eigenvalue weighted by Crippen LogP contribution is 2.30. The summed E-state index contributed by atoms with van der Waals surface area (Å²) in [5.74, 6) is 1.92. The molecule has 7 nitrogen and oxygen atoms in total. The quantitative estimate of drug-likeness (QED) is 0.306. The van der Waals surface area contributed by atoms with E-state index in [9.17, 15) is 0 Å². The fourth-order valence-corrected chi connectivity index (χ4v) is 4.19. The predicted molar refractivity (Wildman–Crippen MR) is 110 cm³/mol. The number of aromatic nitrogens is 5. The summed E-state index contributed by atoms with van der Waals surface area (Å²) in [5.41, 5.74) is 3.75. The molecule has 0 aliphatic rings. The molecule has 0 fully saturated rings. The largest absolute Gasteiger partial charge is 0.459 e. The summed E-state index contributed by atoms with van der Waals surface area (Å²) in [6, 6.07) is 19.7. The first-order valence-electron chi connectivity index (χ1n) is 9.02. The highest BCUT2D eigenvalue weighted by molar-refractivity contribution is 7.98. The maximum Gasteiger partial charge on any atom is 0.283 e. The van der Waals surface area contributed by atoms with Gasteiger partial charge in [0.15, 0.2) is 10.9 Å². The second-order valence-corrected chi connectivity index (χ2v) is 7.38. The van der Waals surface area contributed by atoms with Gasteiger partial charge in [0.25, 0.3) is 5.89 Å². The van der Waals surface area contributed by atoms with E-state index in [4.69, 9.17) is 18.8 Å². The lowest BCUT2D eigenvalue weighted by Gasteiger charge is -2.07. The van der Waals surface area contributed by atoms with Gasteiger partial charge < -0.3 is 8.83 Å². The van der Waals surface area contributed by atoms with Crippen molar-refractivity contribution in [2.45, 2.75) is 10.9 Å². The van der Waals surface area contributed by atoms with E-state index in [-0.39, 0.29) is 0 Å². The minimum Gasteiger partial charge on any atom is -0.459 e. The summed E-state index contributed by atoms with van der Waals surface area (Å²) in [6.45, 7) is 0. The van der Waals surface area contributed by atoms with Crippen molar-refractivity contribution < 1.29 is 8.83 Å². The molecule has 8 heteroatoms. The first-order valence-corrected chi connectivity index (χ1v) is 10.0. The van der Waals surface area contributed by atoms with Gasteiger partial charge in [-0.05, 0) is 36.4 Å². The van der Waals surface area contributed by atoms with Gasteiger partial charge in [-0.1, -0.05) is 36.0 Å². The third kappa shape index (κ3) is 2.68. The molecule has 2 aromatic carbocycles. The molecule has 0 aliphatic carbocycles. The van der Waals surface area contributed by atoms with E-state index in [0.717, 1.165) is 32.7 Å². The van der Waals surface area contributed by atoms with Crippen molar-refractivity contribution in [2.24, 2.45) is 0 Å². The number of para-hydroxylation sites is 3. The van der Waals surface area contributed by atoms with Crippen LogP contribution in [0.2, 0.25) is 0 Å². The van der Waals surface area contributed by atoms with Crippen molar-refractivity contribution in [1.82, 2.24) is 24.6 Å². The van der Waals surface area contributed by atoms with Gasteiger partial charge in [-0.3, -0.25) is 4.40 Å². The van der Waals surface area contributed by atoms with Crippen LogP contribution in [0, 0.1) is 0 Å². The zero-order valence-electron chi connectivity index (χ0n) is 15.0. The van der Waals surface area contributed by atoms with Crippen molar-refractivity contribution in [1.29, 1.82) is 0 Å². The molecular formula is C21H13N5O2S. The van der Waals surface area contributed by atoms with Gasteiger partial charge in [0.05, 0.1) is 28.6 Å². The third-order valence-corrected chi connectivity index (χ3v) is 5.56. The van der Waals surface area contributed by atoms with Crippen LogP contribution in [0.5, 0.6) is 0 Å². The molecular weight excluding hydrogens is 386 g/mol. The third-order valence-electron chi connectivity index (χ3n) is 4.64. The smallest absolute Gasteiger partial charge is 0.283 e. The number of thioether (sulfide) groups is 1. The number of hydrogen-bond donors (Lipinski definition) is 0. The predicted octanol–water partition coefficient (Wildman–Crippen LogP) is 4.97. The lowest BCUT2D eigenvalue weighted by Crippen LogP contribution is -1.97. The summed E-state index contributed by atoms with van der Waals surface area (Å²) >= 11 is 1.53. The van der Waals surface area contributed by atoms with Crippen LogP contribution in [-0.2, 0) is 5.75 Å². The van der Waals surface area contributed by atoms with Gasteiger partial charge in [-0.2, -0.15) is 0 Å². The van der Waals surface area contributed by atoms with Gasteiger partial charge >= 0.3 is 0 Å². The van der Waals surface area contributed by atoms with Crippen molar-refractivity contribution >= 4 is 39.3 Å². The Bertz CT molecular complexity index is 1470. The van der Waals surface area contributed by atoms with Crippen molar-refractivity contribution in [3.05, 3.63) is 72.8 Å². The summed E-state index contributed by atoms with van der Waals surface area (Å²) in [5, 5.41) is 10.0. The van der Waals surface area contributed by atoms with Gasteiger partial charge in [-0.15, -0.1) is 10.2 Å². The van der Waals surface area contributed by atoms with Crippen molar-refractivity contribution in [3.8, 4) is 11.7 Å². The van der Waals surface area contributed by atoms with Crippen LogP contribution >= 0.6 is 11.8 Å². The molecule has 140 valence electrons. The fraction of sp³-hybridized carbons (Fsp3) is 0.0476. The molecule has 0 radical (unpaired) electrons. The van der Waals surface area contributed by atoms with E-state index in [1.54, 1.807) is 18.4 Å². The minimum absolute atomic E-state index is 0.371. The monoisotopic (exact) mass is 399 g/mol. The highest BCUT2D eigenvalue weighted by Gasteiger charge is 2.16. The standard InChI is InChI=1S/C21H13N5O2S/c1-2-7-14-13(6-1)19-22-15-8-3-4-9-16(15)26(19)21(23-14)29-12-18-24-25-20(28-18)17-10-5-11-27-17/h1-11H,12H2. The molecule has 0 saturated heterocycles. The number of nitrogens with zero attached hydrogens (tertiary/aromatic N) is 5. The Hall–Kier alpha value is -3.65. The molecule has 0 atom stereocenters. The maximum atomic E-state index is 5.73. The Morgan fingerprint density at radius 3 is 2.62 bits per heavy atom. The van der Waals surface area contributed by atoms with Crippen LogP contribution in [0.3, 0.4) is 0 Å². The van der Waals surface area contributed by atoms with E-state index in [1.807, 2.05) is 42.5 Å². The lowest BCUT2D eigenvalue weighted by atomic mass is 10.2. The van der Waals surface area contributed by atoms with Crippen LogP contribution in [-0.4, -0.2) is 24.6 Å². The molecule has 6 rings (SSSR count). The second-order valence-electron chi connectivity index (χ2n) is 6.44. The topological polar surface area (TPSA) is 82.2 Å². The molecule has 0 saturated carbocycles. The molecule has 0 aliphatic heterocycles. The van der Waals surface area contributed by atoms with Crippen molar-refractivity contribution in [2.75, 3.05) is 0 Å². The average Bonchev–Trinajstić information content (AvgIpc) is 3.51. The summed E-state index contributed by atoms with van der Waals surface area (Å²) in [4.78, 5) is 9.72. The van der Waals surface area contributed by atoms with E-state index in [0.29, 0.717) is 23.3 Å². The molecule has 0 N–H and O–H groups in total. The van der Waals surface area contributed by atoms with E-state index in [1.165, 1.54) is 11.8 Å². The van der Waals surface area contributed by atoms with Crippen molar-refractivity contribution in [3.63, 3.8) is 0 Å². The SMILES string of the molecule is c1coc(-c2nnc(CSc3nc4ccccc4c4nc5ccccc5n34)o2)c1. The molecule has 6 aromatic rings.